The van der Waals surface area contributed by atoms with Crippen molar-refractivity contribution in [1.82, 2.24) is 5.32 Å². The summed E-state index contributed by atoms with van der Waals surface area (Å²) in [7, 11) is 1.71. The van der Waals surface area contributed by atoms with Gasteiger partial charge in [0.2, 0.25) is 5.91 Å². The molecule has 0 unspecified atom stereocenters. The van der Waals surface area contributed by atoms with E-state index in [1.54, 1.807) is 30.1 Å². The number of Topliss-reactive ketones (excluding diaryl/α,β-unsaturated/α-hetero) is 1. The van der Waals surface area contributed by atoms with Crippen LogP contribution in [-0.2, 0) is 4.79 Å². The lowest BCUT2D eigenvalue weighted by atomic mass is 10.1. The van der Waals surface area contributed by atoms with E-state index in [0.717, 1.165) is 12.8 Å². The van der Waals surface area contributed by atoms with E-state index in [9.17, 15) is 9.59 Å². The van der Waals surface area contributed by atoms with Crippen LogP contribution in [0.5, 0.6) is 5.75 Å². The number of carbonyl (C=O) groups excluding carboxylic acids is 2. The fraction of sp³-hybridized carbons (Fsp3) is 0.467. The van der Waals surface area contributed by atoms with Gasteiger partial charge in [0.15, 0.2) is 5.78 Å². The molecular weight excluding hydrogens is 256 g/mol. The van der Waals surface area contributed by atoms with Crippen molar-refractivity contribution in [3.8, 4) is 5.75 Å². The molecule has 0 saturated heterocycles. The predicted octanol–water partition coefficient (Wildman–Crippen LogP) is 1.37. The molecule has 0 radical (unpaired) electrons. The third kappa shape index (κ3) is 2.67. The predicted molar refractivity (Wildman–Crippen MR) is 75.3 cm³/mol. The molecule has 5 heteroatoms. The second-order valence-electron chi connectivity index (χ2n) is 5.31. The molecule has 1 aliphatic heterocycles. The second kappa shape index (κ2) is 5.25. The highest BCUT2D eigenvalue weighted by atomic mass is 16.5. The number of ether oxygens (including phenoxy) is 1. The zero-order valence-corrected chi connectivity index (χ0v) is 11.5. The highest BCUT2D eigenvalue weighted by Gasteiger charge is 2.23. The molecule has 5 nitrogen and oxygen atoms in total. The maximum absolute atomic E-state index is 12.1. The fourth-order valence-electron chi connectivity index (χ4n) is 2.25. The number of nitrogens with one attached hydrogen (secondary N) is 1. The highest BCUT2D eigenvalue weighted by molar-refractivity contribution is 6.01. The van der Waals surface area contributed by atoms with Crippen LogP contribution in [-0.4, -0.2) is 37.9 Å². The van der Waals surface area contributed by atoms with E-state index in [-0.39, 0.29) is 11.7 Å². The van der Waals surface area contributed by atoms with Crippen LogP contribution in [0.2, 0.25) is 0 Å². The van der Waals surface area contributed by atoms with Gasteiger partial charge in [0.1, 0.15) is 5.75 Å². The van der Waals surface area contributed by atoms with Crippen LogP contribution < -0.4 is 15.0 Å². The summed E-state index contributed by atoms with van der Waals surface area (Å²) < 4.78 is 5.54. The van der Waals surface area contributed by atoms with Crippen molar-refractivity contribution in [3.05, 3.63) is 23.8 Å². The summed E-state index contributed by atoms with van der Waals surface area (Å²) in [6.07, 6.45) is 2.67. The van der Waals surface area contributed by atoms with Gasteiger partial charge in [-0.15, -0.1) is 0 Å². The van der Waals surface area contributed by atoms with Crippen molar-refractivity contribution in [1.29, 1.82) is 0 Å². The molecule has 1 fully saturated rings. The van der Waals surface area contributed by atoms with Crippen LogP contribution in [0, 0.1) is 0 Å². The first-order valence-corrected chi connectivity index (χ1v) is 6.95. The molecule has 1 aliphatic carbocycles. The number of amides is 1. The van der Waals surface area contributed by atoms with Gasteiger partial charge in [0.05, 0.1) is 25.3 Å². The number of carbonyl (C=O) groups is 2. The average Bonchev–Trinajstić information content (AvgIpc) is 3.28. The van der Waals surface area contributed by atoms with E-state index in [1.807, 2.05) is 0 Å². The van der Waals surface area contributed by atoms with Gasteiger partial charge in [0, 0.05) is 18.7 Å². The SMILES string of the molecule is CN1C(=O)CCOc2ccc(C(=O)CNC3CC3)cc21. The topological polar surface area (TPSA) is 58.6 Å². The van der Waals surface area contributed by atoms with Gasteiger partial charge in [-0.25, -0.2) is 0 Å². The Morgan fingerprint density at radius 2 is 2.25 bits per heavy atom. The normalized spacial score (nSPS) is 18.2. The monoisotopic (exact) mass is 274 g/mol. The number of anilines is 1. The number of hydrogen-bond donors (Lipinski definition) is 1. The number of benzene rings is 1. The minimum atomic E-state index is 0.00412. The molecule has 0 atom stereocenters. The molecule has 1 saturated carbocycles. The van der Waals surface area contributed by atoms with Gasteiger partial charge in [-0.05, 0) is 31.0 Å². The lowest BCUT2D eigenvalue weighted by Crippen LogP contribution is -2.26. The zero-order valence-electron chi connectivity index (χ0n) is 11.5. The fourth-order valence-corrected chi connectivity index (χ4v) is 2.25. The minimum Gasteiger partial charge on any atom is -0.491 e. The lowest BCUT2D eigenvalue weighted by Gasteiger charge is -2.17. The van der Waals surface area contributed by atoms with Crippen molar-refractivity contribution in [2.45, 2.75) is 25.3 Å². The third-order valence-corrected chi connectivity index (χ3v) is 3.72. The summed E-state index contributed by atoms with van der Waals surface area (Å²) >= 11 is 0. The number of ketones is 1. The number of hydrogen-bond acceptors (Lipinski definition) is 4. The Morgan fingerprint density at radius 3 is 3.00 bits per heavy atom. The van der Waals surface area contributed by atoms with E-state index < -0.39 is 0 Å². The van der Waals surface area contributed by atoms with Gasteiger partial charge in [0.25, 0.3) is 0 Å². The molecule has 0 spiro atoms. The summed E-state index contributed by atoms with van der Waals surface area (Å²) in [5.41, 5.74) is 1.28. The Labute approximate surface area is 117 Å². The first-order valence-electron chi connectivity index (χ1n) is 6.95. The van der Waals surface area contributed by atoms with Crippen molar-refractivity contribution < 1.29 is 14.3 Å². The van der Waals surface area contributed by atoms with Crippen molar-refractivity contribution >= 4 is 17.4 Å². The number of nitrogens with zero attached hydrogens (tertiary/aromatic N) is 1. The van der Waals surface area contributed by atoms with Crippen LogP contribution in [0.25, 0.3) is 0 Å². The summed E-state index contributed by atoms with van der Waals surface area (Å²) in [6, 6.07) is 5.79. The lowest BCUT2D eigenvalue weighted by molar-refractivity contribution is -0.118. The van der Waals surface area contributed by atoms with E-state index >= 15 is 0 Å². The Balaban J connectivity index is 1.81. The summed E-state index contributed by atoms with van der Waals surface area (Å²) in [4.78, 5) is 25.5. The Kier molecular flexibility index (Phi) is 3.44. The van der Waals surface area contributed by atoms with Gasteiger partial charge in [-0.1, -0.05) is 0 Å². The smallest absolute Gasteiger partial charge is 0.230 e. The summed E-state index contributed by atoms with van der Waals surface area (Å²) in [5.74, 6) is 0.708. The molecule has 0 bridgehead atoms. The molecule has 1 amide bonds. The third-order valence-electron chi connectivity index (χ3n) is 3.72. The molecule has 3 rings (SSSR count). The second-order valence-corrected chi connectivity index (χ2v) is 5.31. The summed E-state index contributed by atoms with van der Waals surface area (Å²) in [6.45, 7) is 0.731. The number of fused-ring (bicyclic) bond motifs is 1. The van der Waals surface area contributed by atoms with Crippen LogP contribution in [0.3, 0.4) is 0 Å². The number of rotatable bonds is 4. The molecule has 106 valence electrons. The van der Waals surface area contributed by atoms with E-state index in [2.05, 4.69) is 5.32 Å². The van der Waals surface area contributed by atoms with Gasteiger partial charge in [-0.3, -0.25) is 9.59 Å². The first kappa shape index (κ1) is 13.1. The molecule has 2 aliphatic rings. The van der Waals surface area contributed by atoms with E-state index in [1.165, 1.54) is 0 Å². The molecule has 1 aromatic carbocycles. The van der Waals surface area contributed by atoms with Crippen molar-refractivity contribution in [3.63, 3.8) is 0 Å². The van der Waals surface area contributed by atoms with E-state index in [4.69, 9.17) is 4.74 Å². The maximum Gasteiger partial charge on any atom is 0.230 e. The zero-order chi connectivity index (χ0) is 14.1. The molecular formula is C15H18N2O3. The van der Waals surface area contributed by atoms with Crippen LogP contribution in [0.4, 0.5) is 5.69 Å². The Morgan fingerprint density at radius 1 is 1.45 bits per heavy atom. The molecule has 1 N–H and O–H groups in total. The average molecular weight is 274 g/mol. The van der Waals surface area contributed by atoms with Crippen molar-refractivity contribution in [2.24, 2.45) is 0 Å². The standard InChI is InChI=1S/C15H18N2O3/c1-17-12-8-10(13(18)9-16-11-3-4-11)2-5-14(12)20-7-6-15(17)19/h2,5,8,11,16H,3-4,6-7,9H2,1H3. The highest BCUT2D eigenvalue weighted by Crippen LogP contribution is 2.31. The van der Waals surface area contributed by atoms with Gasteiger partial charge in [-0.2, -0.15) is 0 Å². The maximum atomic E-state index is 12.1. The quantitative estimate of drug-likeness (QED) is 0.842. The largest absolute Gasteiger partial charge is 0.491 e. The molecule has 1 aromatic rings. The van der Waals surface area contributed by atoms with E-state index in [0.29, 0.717) is 42.6 Å². The van der Waals surface area contributed by atoms with Crippen LogP contribution in [0.15, 0.2) is 18.2 Å². The van der Waals surface area contributed by atoms with Crippen molar-refractivity contribution in [2.75, 3.05) is 25.1 Å². The Hall–Kier alpha value is -1.88. The Bertz CT molecular complexity index is 552. The van der Waals surface area contributed by atoms with Crippen LogP contribution >= 0.6 is 0 Å². The minimum absolute atomic E-state index is 0.00412. The molecule has 0 aromatic heterocycles. The molecule has 20 heavy (non-hydrogen) atoms. The summed E-state index contributed by atoms with van der Waals surface area (Å²) in [5, 5.41) is 3.21. The van der Waals surface area contributed by atoms with Gasteiger partial charge >= 0.3 is 0 Å². The molecule has 1 heterocycles. The van der Waals surface area contributed by atoms with Gasteiger partial charge < -0.3 is 15.0 Å². The first-order chi connectivity index (χ1) is 9.65. The van der Waals surface area contributed by atoms with Crippen LogP contribution in [0.1, 0.15) is 29.6 Å².